The molecule has 10 nitrogen and oxygen atoms in total. The Hall–Kier alpha value is -3.80. The van der Waals surface area contributed by atoms with Crippen molar-refractivity contribution in [3.8, 4) is 11.1 Å². The molecule has 2 amide bonds. The Bertz CT molecular complexity index is 1560. The van der Waals surface area contributed by atoms with Crippen molar-refractivity contribution in [1.82, 2.24) is 20.4 Å². The van der Waals surface area contributed by atoms with E-state index in [9.17, 15) is 14.7 Å². The molecule has 3 aliphatic rings. The first-order chi connectivity index (χ1) is 24.4. The minimum atomic E-state index is -0.550. The van der Waals surface area contributed by atoms with Crippen LogP contribution in [0.2, 0.25) is 0 Å². The molecule has 3 aromatic carbocycles. The number of nitrogens with zero attached hydrogens (tertiary/aromatic N) is 2. The lowest BCUT2D eigenvalue weighted by Gasteiger charge is -2.43. The van der Waals surface area contributed by atoms with Crippen molar-refractivity contribution < 1.29 is 28.9 Å². The summed E-state index contributed by atoms with van der Waals surface area (Å²) in [5.41, 5.74) is 5.88. The number of hydrogen-bond acceptors (Lipinski definition) is 8. The van der Waals surface area contributed by atoms with E-state index in [-0.39, 0.29) is 37.9 Å². The van der Waals surface area contributed by atoms with Crippen molar-refractivity contribution in [2.45, 2.75) is 77.2 Å². The zero-order valence-corrected chi connectivity index (χ0v) is 29.4. The highest BCUT2D eigenvalue weighted by atomic mass is 16.7. The normalized spacial score (nSPS) is 24.3. The Morgan fingerprint density at radius 2 is 1.62 bits per heavy atom. The highest BCUT2D eigenvalue weighted by Gasteiger charge is 2.41. The van der Waals surface area contributed by atoms with Crippen molar-refractivity contribution in [3.05, 3.63) is 95.1 Å². The summed E-state index contributed by atoms with van der Waals surface area (Å²) < 4.78 is 18.6. The quantitative estimate of drug-likeness (QED) is 0.201. The van der Waals surface area contributed by atoms with E-state index in [1.165, 1.54) is 38.8 Å². The molecule has 3 saturated heterocycles. The Kier molecular flexibility index (Phi) is 12.5. The summed E-state index contributed by atoms with van der Waals surface area (Å²) in [7, 11) is 0. The number of aliphatic hydroxyl groups is 1. The standard InChI is InChI=1S/C40H52N4O6/c1-3-48-37(46)24-42-40(47)41-23-30-9-6-10-32(21-30)33-11-7-12-34(22-33)39-49-36(26-44-20-8-13-35(44)25-43-18-4-5-19-43)28(2)38(50-39)31-16-14-29(27-45)15-17-31/h6-7,9-12,14-17,21-22,28,35-36,38-39,45H,3-5,8,13,18-20,23-27H2,1-2H3,(H2,41,42,47)/t28-,35+,36+,38+,39+/m1/s1. The molecule has 3 heterocycles. The predicted molar refractivity (Wildman–Crippen MR) is 192 cm³/mol. The van der Waals surface area contributed by atoms with Crippen molar-refractivity contribution in [2.75, 3.05) is 45.9 Å². The average molecular weight is 685 g/mol. The van der Waals surface area contributed by atoms with Gasteiger partial charge in [0.2, 0.25) is 0 Å². The van der Waals surface area contributed by atoms with E-state index in [4.69, 9.17) is 14.2 Å². The topological polar surface area (TPSA) is 113 Å². The second kappa shape index (κ2) is 17.4. The van der Waals surface area contributed by atoms with E-state index in [1.807, 2.05) is 30.3 Å². The maximum atomic E-state index is 12.2. The lowest BCUT2D eigenvalue weighted by Crippen LogP contribution is -2.48. The first kappa shape index (κ1) is 36.0. The van der Waals surface area contributed by atoms with Crippen LogP contribution in [-0.2, 0) is 32.2 Å². The number of ether oxygens (including phenoxy) is 3. The maximum absolute atomic E-state index is 12.2. The molecule has 0 bridgehead atoms. The molecule has 0 unspecified atom stereocenters. The third-order valence-electron chi connectivity index (χ3n) is 10.3. The van der Waals surface area contributed by atoms with Crippen LogP contribution in [0.1, 0.15) is 74.2 Å². The van der Waals surface area contributed by atoms with Crippen LogP contribution in [0.25, 0.3) is 11.1 Å². The second-order valence-corrected chi connectivity index (χ2v) is 13.8. The molecule has 3 N–H and O–H groups in total. The van der Waals surface area contributed by atoms with Crippen molar-refractivity contribution >= 4 is 12.0 Å². The molecule has 3 aliphatic heterocycles. The van der Waals surface area contributed by atoms with Crippen LogP contribution in [0.4, 0.5) is 4.79 Å². The van der Waals surface area contributed by atoms with Crippen LogP contribution < -0.4 is 10.6 Å². The number of nitrogens with one attached hydrogen (secondary N) is 2. The van der Waals surface area contributed by atoms with Gasteiger partial charge in [0.1, 0.15) is 6.54 Å². The van der Waals surface area contributed by atoms with Gasteiger partial charge in [0.05, 0.1) is 25.4 Å². The fraction of sp³-hybridized carbons (Fsp3) is 0.500. The number of carbonyl (C=O) groups is 2. The number of aliphatic hydroxyl groups excluding tert-OH is 1. The van der Waals surface area contributed by atoms with Gasteiger partial charge in [-0.25, -0.2) is 4.79 Å². The van der Waals surface area contributed by atoms with Crippen LogP contribution in [-0.4, -0.2) is 84.9 Å². The lowest BCUT2D eigenvalue weighted by atomic mass is 9.89. The van der Waals surface area contributed by atoms with Gasteiger partial charge in [-0.2, -0.15) is 0 Å². The summed E-state index contributed by atoms with van der Waals surface area (Å²) in [5, 5.41) is 15.0. The number of likely N-dealkylation sites (tertiary alicyclic amines) is 2. The number of rotatable bonds is 13. The number of benzene rings is 3. The van der Waals surface area contributed by atoms with E-state index in [1.54, 1.807) is 6.92 Å². The van der Waals surface area contributed by atoms with E-state index in [0.29, 0.717) is 12.6 Å². The first-order valence-electron chi connectivity index (χ1n) is 18.2. The Morgan fingerprint density at radius 3 is 2.38 bits per heavy atom. The lowest BCUT2D eigenvalue weighted by molar-refractivity contribution is -0.276. The molecule has 0 spiro atoms. The average Bonchev–Trinajstić information content (AvgIpc) is 3.83. The zero-order chi connectivity index (χ0) is 34.9. The van der Waals surface area contributed by atoms with Gasteiger partial charge in [0.25, 0.3) is 0 Å². The van der Waals surface area contributed by atoms with Crippen molar-refractivity contribution in [2.24, 2.45) is 5.92 Å². The van der Waals surface area contributed by atoms with Gasteiger partial charge in [-0.3, -0.25) is 9.69 Å². The number of carbonyl (C=O) groups excluding carboxylic acids is 2. The van der Waals surface area contributed by atoms with Crippen LogP contribution in [0, 0.1) is 5.92 Å². The summed E-state index contributed by atoms with van der Waals surface area (Å²) in [4.78, 5) is 29.1. The molecule has 50 heavy (non-hydrogen) atoms. The molecule has 0 saturated carbocycles. The number of amides is 2. The van der Waals surface area contributed by atoms with Crippen LogP contribution in [0.5, 0.6) is 0 Å². The van der Waals surface area contributed by atoms with Gasteiger partial charge < -0.3 is 34.9 Å². The highest BCUT2D eigenvalue weighted by Crippen LogP contribution is 2.43. The van der Waals surface area contributed by atoms with Gasteiger partial charge in [-0.1, -0.05) is 67.6 Å². The minimum Gasteiger partial charge on any atom is -0.465 e. The molecule has 0 radical (unpaired) electrons. The highest BCUT2D eigenvalue weighted by molar-refractivity contribution is 5.80. The van der Waals surface area contributed by atoms with E-state index >= 15 is 0 Å². The van der Waals surface area contributed by atoms with Crippen LogP contribution in [0.15, 0.2) is 72.8 Å². The summed E-state index contributed by atoms with van der Waals surface area (Å²) in [6.07, 6.45) is 4.33. The fourth-order valence-corrected chi connectivity index (χ4v) is 7.50. The van der Waals surface area contributed by atoms with E-state index < -0.39 is 18.3 Å². The van der Waals surface area contributed by atoms with Gasteiger partial charge in [0, 0.05) is 37.2 Å². The number of hydrogen-bond donors (Lipinski definition) is 3. The Labute approximate surface area is 296 Å². The third kappa shape index (κ3) is 9.30. The van der Waals surface area contributed by atoms with Crippen molar-refractivity contribution in [1.29, 1.82) is 0 Å². The molecule has 0 aliphatic carbocycles. The smallest absolute Gasteiger partial charge is 0.325 e. The monoisotopic (exact) mass is 684 g/mol. The summed E-state index contributed by atoms with van der Waals surface area (Å²) in [5.74, 6) is -0.346. The molecule has 6 rings (SSSR count). The molecular weight excluding hydrogens is 632 g/mol. The zero-order valence-electron chi connectivity index (χ0n) is 29.4. The van der Waals surface area contributed by atoms with Gasteiger partial charge in [-0.05, 0) is 92.2 Å². The number of urea groups is 1. The van der Waals surface area contributed by atoms with Crippen molar-refractivity contribution in [3.63, 3.8) is 0 Å². The van der Waals surface area contributed by atoms with Crippen LogP contribution >= 0.6 is 0 Å². The molecule has 0 aromatic heterocycles. The largest absolute Gasteiger partial charge is 0.465 e. The SMILES string of the molecule is CCOC(=O)CNC(=O)NCc1cccc(-c2cccc([C@H]3O[C@@H](CN4CCC[C@H]4CN4CCCC4)[C@@H](C)[C@@H](c4ccc(CO)cc4)O3)c2)c1. The Morgan fingerprint density at radius 1 is 0.860 bits per heavy atom. The molecule has 10 heteroatoms. The third-order valence-corrected chi connectivity index (χ3v) is 10.3. The number of esters is 1. The Balaban J connectivity index is 1.18. The molecule has 3 fully saturated rings. The fourth-order valence-electron chi connectivity index (χ4n) is 7.50. The van der Waals surface area contributed by atoms with Gasteiger partial charge >= 0.3 is 12.0 Å². The van der Waals surface area contributed by atoms with Gasteiger partial charge in [-0.15, -0.1) is 0 Å². The van der Waals surface area contributed by atoms with Crippen LogP contribution in [0.3, 0.4) is 0 Å². The second-order valence-electron chi connectivity index (χ2n) is 13.8. The molecule has 268 valence electrons. The molecule has 3 aromatic rings. The van der Waals surface area contributed by atoms with Gasteiger partial charge in [0.15, 0.2) is 6.29 Å². The summed E-state index contributed by atoms with van der Waals surface area (Å²) >= 11 is 0. The molecule has 5 atom stereocenters. The summed E-state index contributed by atoms with van der Waals surface area (Å²) in [6, 6.07) is 24.6. The molecular formula is C40H52N4O6. The van der Waals surface area contributed by atoms with E-state index in [2.05, 4.69) is 69.8 Å². The first-order valence-corrected chi connectivity index (χ1v) is 18.2. The predicted octanol–water partition coefficient (Wildman–Crippen LogP) is 5.56. The van der Waals surface area contributed by atoms with E-state index in [0.717, 1.165) is 53.0 Å². The minimum absolute atomic E-state index is 0.00974. The summed E-state index contributed by atoms with van der Waals surface area (Å²) in [6.45, 7) is 9.91. The maximum Gasteiger partial charge on any atom is 0.325 e.